The van der Waals surface area contributed by atoms with Gasteiger partial charge in [-0.3, -0.25) is 21.5 Å². The second kappa shape index (κ2) is 11.4. The number of piperidine rings is 2. The lowest BCUT2D eigenvalue weighted by molar-refractivity contribution is 0.196. The first-order chi connectivity index (χ1) is 14.9. The van der Waals surface area contributed by atoms with E-state index in [0.29, 0.717) is 12.1 Å². The predicted molar refractivity (Wildman–Crippen MR) is 122 cm³/mol. The smallest absolute Gasteiger partial charge is 0.0981 e. The Morgan fingerprint density at radius 1 is 0.767 bits per heavy atom. The lowest BCUT2D eigenvalue weighted by atomic mass is 10.1. The van der Waals surface area contributed by atoms with Crippen LogP contribution in [0.4, 0.5) is 0 Å². The third-order valence-electron chi connectivity index (χ3n) is 6.01. The van der Waals surface area contributed by atoms with Crippen LogP contribution in [0.1, 0.15) is 56.7 Å². The highest BCUT2D eigenvalue weighted by atomic mass is 15.4. The van der Waals surface area contributed by atoms with E-state index in [-0.39, 0.29) is 18.5 Å². The first-order valence-electron chi connectivity index (χ1n) is 11.5. The van der Waals surface area contributed by atoms with Gasteiger partial charge in [0.2, 0.25) is 0 Å². The molecule has 0 aromatic heterocycles. The van der Waals surface area contributed by atoms with Gasteiger partial charge >= 0.3 is 0 Å². The summed E-state index contributed by atoms with van der Waals surface area (Å²) in [5, 5.41) is 23.3. The third kappa shape index (κ3) is 6.50. The van der Waals surface area contributed by atoms with Crippen LogP contribution in [-0.2, 0) is 0 Å². The zero-order valence-corrected chi connectivity index (χ0v) is 17.7. The Morgan fingerprint density at radius 2 is 1.33 bits per heavy atom. The van der Waals surface area contributed by atoms with Crippen molar-refractivity contribution in [2.45, 2.75) is 75.5 Å². The van der Waals surface area contributed by atoms with Gasteiger partial charge < -0.3 is 10.6 Å². The SMILES string of the molecule is C(=NNC1CC(NN=CC2CCCCN2)NC(c2ccccc2)N1)C1CCCCN1. The van der Waals surface area contributed by atoms with Crippen molar-refractivity contribution in [1.82, 2.24) is 32.1 Å². The molecule has 4 atom stereocenters. The molecule has 0 radical (unpaired) electrons. The van der Waals surface area contributed by atoms with Crippen molar-refractivity contribution in [3.8, 4) is 0 Å². The molecule has 1 aromatic carbocycles. The van der Waals surface area contributed by atoms with Crippen molar-refractivity contribution in [2.24, 2.45) is 10.2 Å². The van der Waals surface area contributed by atoms with E-state index in [1.165, 1.54) is 31.2 Å². The van der Waals surface area contributed by atoms with Gasteiger partial charge in [0.1, 0.15) is 0 Å². The Bertz CT molecular complexity index is 629. The van der Waals surface area contributed by atoms with Crippen LogP contribution in [0, 0.1) is 0 Å². The highest BCUT2D eigenvalue weighted by Crippen LogP contribution is 2.16. The van der Waals surface area contributed by atoms with E-state index in [0.717, 1.165) is 32.4 Å². The van der Waals surface area contributed by atoms with Gasteiger partial charge in [0.05, 0.1) is 18.5 Å². The Balaban J connectivity index is 1.34. The van der Waals surface area contributed by atoms with Crippen molar-refractivity contribution in [2.75, 3.05) is 13.1 Å². The van der Waals surface area contributed by atoms with Crippen LogP contribution in [0.15, 0.2) is 40.5 Å². The van der Waals surface area contributed by atoms with E-state index >= 15 is 0 Å². The molecule has 8 heteroatoms. The molecule has 4 rings (SSSR count). The Hall–Kier alpha value is -2.00. The maximum absolute atomic E-state index is 4.53. The summed E-state index contributed by atoms with van der Waals surface area (Å²) in [6.45, 7) is 2.16. The van der Waals surface area contributed by atoms with Crippen molar-refractivity contribution >= 4 is 12.4 Å². The van der Waals surface area contributed by atoms with Gasteiger partial charge in [0.15, 0.2) is 0 Å². The van der Waals surface area contributed by atoms with Gasteiger partial charge in [0, 0.05) is 30.9 Å². The molecule has 3 heterocycles. The van der Waals surface area contributed by atoms with E-state index < -0.39 is 0 Å². The van der Waals surface area contributed by atoms with Crippen molar-refractivity contribution in [1.29, 1.82) is 0 Å². The summed E-state index contributed by atoms with van der Waals surface area (Å²) >= 11 is 0. The fourth-order valence-corrected chi connectivity index (χ4v) is 4.30. The maximum atomic E-state index is 4.53. The molecular weight excluding hydrogens is 376 g/mol. The predicted octanol–water partition coefficient (Wildman–Crippen LogP) is 1.36. The van der Waals surface area contributed by atoms with Crippen molar-refractivity contribution < 1.29 is 0 Å². The number of nitrogens with one attached hydrogen (secondary N) is 6. The summed E-state index contributed by atoms with van der Waals surface area (Å²) < 4.78 is 0. The molecule has 3 fully saturated rings. The molecule has 1 aromatic rings. The van der Waals surface area contributed by atoms with Gasteiger partial charge in [-0.25, -0.2) is 0 Å². The second-order valence-corrected chi connectivity index (χ2v) is 8.45. The largest absolute Gasteiger partial charge is 0.309 e. The lowest BCUT2D eigenvalue weighted by Gasteiger charge is -2.37. The minimum atomic E-state index is 0.0287. The van der Waals surface area contributed by atoms with Gasteiger partial charge in [-0.1, -0.05) is 43.2 Å². The molecule has 30 heavy (non-hydrogen) atoms. The first kappa shape index (κ1) is 21.2. The zero-order valence-electron chi connectivity index (χ0n) is 17.7. The molecule has 164 valence electrons. The lowest BCUT2D eigenvalue weighted by Crippen LogP contribution is -2.60. The molecule has 3 aliphatic heterocycles. The summed E-state index contributed by atoms with van der Waals surface area (Å²) in [4.78, 5) is 0. The molecule has 0 amide bonds. The highest BCUT2D eigenvalue weighted by molar-refractivity contribution is 5.64. The number of hydrazone groups is 2. The molecule has 8 nitrogen and oxygen atoms in total. The van der Waals surface area contributed by atoms with Crippen molar-refractivity contribution in [3.05, 3.63) is 35.9 Å². The molecule has 3 aliphatic rings. The summed E-state index contributed by atoms with van der Waals surface area (Å²) in [7, 11) is 0. The Labute approximate surface area is 179 Å². The van der Waals surface area contributed by atoms with E-state index in [9.17, 15) is 0 Å². The van der Waals surface area contributed by atoms with Crippen LogP contribution >= 0.6 is 0 Å². The normalized spacial score (nSPS) is 33.0. The number of hydrogen-bond donors (Lipinski definition) is 6. The monoisotopic (exact) mass is 412 g/mol. The fourth-order valence-electron chi connectivity index (χ4n) is 4.30. The highest BCUT2D eigenvalue weighted by Gasteiger charge is 2.28. The summed E-state index contributed by atoms with van der Waals surface area (Å²) in [5.74, 6) is 0. The molecule has 6 N–H and O–H groups in total. The van der Waals surface area contributed by atoms with Gasteiger partial charge in [0.25, 0.3) is 0 Å². The number of nitrogens with zero attached hydrogens (tertiary/aromatic N) is 2. The maximum Gasteiger partial charge on any atom is 0.0981 e. The minimum Gasteiger partial charge on any atom is -0.309 e. The summed E-state index contributed by atoms with van der Waals surface area (Å²) in [6.07, 6.45) is 12.4. The Morgan fingerprint density at radius 3 is 1.83 bits per heavy atom. The molecule has 3 saturated heterocycles. The quantitative estimate of drug-likeness (QED) is 0.299. The summed E-state index contributed by atoms with van der Waals surface area (Å²) in [6, 6.07) is 11.2. The number of benzene rings is 1. The van der Waals surface area contributed by atoms with E-state index in [1.807, 2.05) is 18.5 Å². The van der Waals surface area contributed by atoms with Crippen LogP contribution in [-0.4, -0.2) is 49.9 Å². The number of hydrogen-bond acceptors (Lipinski definition) is 8. The standard InChI is InChI=1S/C22H36N8/c1-2-8-17(9-3-1)22-27-20(29-25-15-18-10-4-6-12-23-18)14-21(28-22)30-26-16-19-11-5-7-13-24-19/h1-3,8-9,15-16,18-24,27-30H,4-7,10-14H2. The van der Waals surface area contributed by atoms with Crippen LogP contribution in [0.5, 0.6) is 0 Å². The fraction of sp³-hybridized carbons (Fsp3) is 0.636. The minimum absolute atomic E-state index is 0.0287. The summed E-state index contributed by atoms with van der Waals surface area (Å²) in [5.41, 5.74) is 7.83. The first-order valence-corrected chi connectivity index (χ1v) is 11.5. The topological polar surface area (TPSA) is 96.9 Å². The molecule has 0 bridgehead atoms. The Kier molecular flexibility index (Phi) is 8.08. The average molecular weight is 413 g/mol. The number of rotatable bonds is 7. The van der Waals surface area contributed by atoms with Crippen LogP contribution in [0.2, 0.25) is 0 Å². The van der Waals surface area contributed by atoms with Crippen LogP contribution in [0.3, 0.4) is 0 Å². The van der Waals surface area contributed by atoms with Crippen LogP contribution in [0.25, 0.3) is 0 Å². The molecule has 4 unspecified atom stereocenters. The molecule has 0 saturated carbocycles. The molecule has 0 spiro atoms. The van der Waals surface area contributed by atoms with E-state index in [2.05, 4.69) is 66.6 Å². The van der Waals surface area contributed by atoms with Crippen molar-refractivity contribution in [3.63, 3.8) is 0 Å². The average Bonchev–Trinajstić information content (AvgIpc) is 2.81. The van der Waals surface area contributed by atoms with Crippen LogP contribution < -0.4 is 32.1 Å². The second-order valence-electron chi connectivity index (χ2n) is 8.45. The van der Waals surface area contributed by atoms with Gasteiger partial charge in [-0.2, -0.15) is 10.2 Å². The van der Waals surface area contributed by atoms with E-state index in [1.54, 1.807) is 0 Å². The third-order valence-corrected chi connectivity index (χ3v) is 6.01. The van der Waals surface area contributed by atoms with Gasteiger partial charge in [-0.05, 0) is 44.3 Å². The zero-order chi connectivity index (χ0) is 20.4. The molecular formula is C22H36N8. The van der Waals surface area contributed by atoms with Gasteiger partial charge in [-0.15, -0.1) is 0 Å². The van der Waals surface area contributed by atoms with E-state index in [4.69, 9.17) is 0 Å². The molecule has 0 aliphatic carbocycles.